The average molecular weight is 343 g/mol. The Morgan fingerprint density at radius 1 is 1.16 bits per heavy atom. The third-order valence-electron chi connectivity index (χ3n) is 3.88. The summed E-state index contributed by atoms with van der Waals surface area (Å²) in [5, 5.41) is 5.33. The molecule has 1 heterocycles. The zero-order valence-electron chi connectivity index (χ0n) is 14.6. The molecule has 134 valence electrons. The number of carbonyl (C=O) groups excluding carboxylic acids is 2. The van der Waals surface area contributed by atoms with Gasteiger partial charge in [-0.25, -0.2) is 4.98 Å². The van der Waals surface area contributed by atoms with Crippen molar-refractivity contribution >= 4 is 11.8 Å². The van der Waals surface area contributed by atoms with Crippen molar-refractivity contribution in [2.75, 3.05) is 6.54 Å². The number of nitrogens with one attached hydrogen (secondary N) is 2. The summed E-state index contributed by atoms with van der Waals surface area (Å²) in [7, 11) is 0. The van der Waals surface area contributed by atoms with Crippen molar-refractivity contribution < 1.29 is 9.59 Å². The van der Waals surface area contributed by atoms with Gasteiger partial charge in [0.15, 0.2) is 0 Å². The standard InChI is InChI=1S/C18H25N5O2/c1-13(2)17(19)18(25)22-10-16(24)21-9-14-3-5-15(6-4-14)11-23-8-7-20-12-23/h3-8,12-13,17H,9-11,19H2,1-2H3,(H,21,24)(H,22,25)/t17-/m0/s1. The van der Waals surface area contributed by atoms with E-state index in [4.69, 9.17) is 5.73 Å². The third-order valence-corrected chi connectivity index (χ3v) is 3.88. The molecule has 25 heavy (non-hydrogen) atoms. The fourth-order valence-electron chi connectivity index (χ4n) is 2.20. The molecule has 0 saturated heterocycles. The first-order valence-electron chi connectivity index (χ1n) is 8.29. The Morgan fingerprint density at radius 3 is 2.44 bits per heavy atom. The van der Waals surface area contributed by atoms with Crippen molar-refractivity contribution in [1.29, 1.82) is 0 Å². The highest BCUT2D eigenvalue weighted by Gasteiger charge is 2.17. The van der Waals surface area contributed by atoms with E-state index in [9.17, 15) is 9.59 Å². The molecule has 0 fully saturated rings. The maximum Gasteiger partial charge on any atom is 0.239 e. The minimum Gasteiger partial charge on any atom is -0.350 e. The van der Waals surface area contributed by atoms with Crippen molar-refractivity contribution in [2.45, 2.75) is 33.0 Å². The molecule has 2 aromatic rings. The van der Waals surface area contributed by atoms with Crippen molar-refractivity contribution in [3.63, 3.8) is 0 Å². The van der Waals surface area contributed by atoms with Crippen LogP contribution in [0, 0.1) is 5.92 Å². The Balaban J connectivity index is 1.73. The smallest absolute Gasteiger partial charge is 0.239 e. The van der Waals surface area contributed by atoms with Gasteiger partial charge in [0, 0.05) is 25.5 Å². The first kappa shape index (κ1) is 18.7. The minimum absolute atomic E-state index is 0.0314. The number of hydrogen-bond acceptors (Lipinski definition) is 4. The molecule has 0 aliphatic rings. The summed E-state index contributed by atoms with van der Waals surface area (Å²) < 4.78 is 1.99. The van der Waals surface area contributed by atoms with E-state index in [0.29, 0.717) is 6.54 Å². The van der Waals surface area contributed by atoms with Gasteiger partial charge in [0.1, 0.15) is 0 Å². The van der Waals surface area contributed by atoms with Crippen LogP contribution in [-0.4, -0.2) is 34.0 Å². The molecule has 0 spiro atoms. The van der Waals surface area contributed by atoms with Gasteiger partial charge >= 0.3 is 0 Å². The highest BCUT2D eigenvalue weighted by molar-refractivity contribution is 5.87. The van der Waals surface area contributed by atoms with E-state index in [1.54, 1.807) is 12.5 Å². The van der Waals surface area contributed by atoms with E-state index in [1.807, 2.05) is 48.9 Å². The molecule has 1 atom stereocenters. The molecule has 0 radical (unpaired) electrons. The van der Waals surface area contributed by atoms with Crippen molar-refractivity contribution in [2.24, 2.45) is 11.7 Å². The Kier molecular flexibility index (Phi) is 6.71. The minimum atomic E-state index is -0.601. The fraction of sp³-hybridized carbons (Fsp3) is 0.389. The van der Waals surface area contributed by atoms with Crippen LogP contribution in [0.1, 0.15) is 25.0 Å². The van der Waals surface area contributed by atoms with Crippen LogP contribution in [0.25, 0.3) is 0 Å². The van der Waals surface area contributed by atoms with Crippen LogP contribution >= 0.6 is 0 Å². The van der Waals surface area contributed by atoms with Crippen LogP contribution in [0.2, 0.25) is 0 Å². The summed E-state index contributed by atoms with van der Waals surface area (Å²) >= 11 is 0. The van der Waals surface area contributed by atoms with Gasteiger partial charge in [-0.3, -0.25) is 9.59 Å². The monoisotopic (exact) mass is 343 g/mol. The number of benzene rings is 1. The van der Waals surface area contributed by atoms with Gasteiger partial charge in [0.05, 0.1) is 18.9 Å². The second-order valence-electron chi connectivity index (χ2n) is 6.32. The summed E-state index contributed by atoms with van der Waals surface area (Å²) in [5.74, 6) is -0.523. The van der Waals surface area contributed by atoms with Crippen molar-refractivity contribution in [3.05, 3.63) is 54.1 Å². The molecule has 0 bridgehead atoms. The first-order valence-corrected chi connectivity index (χ1v) is 8.29. The van der Waals surface area contributed by atoms with E-state index in [1.165, 1.54) is 0 Å². The molecule has 0 saturated carbocycles. The Bertz CT molecular complexity index is 680. The normalized spacial score (nSPS) is 12.0. The zero-order chi connectivity index (χ0) is 18.2. The van der Waals surface area contributed by atoms with Gasteiger partial charge in [-0.1, -0.05) is 38.1 Å². The lowest BCUT2D eigenvalue weighted by molar-refractivity contribution is -0.127. The topological polar surface area (TPSA) is 102 Å². The molecular weight excluding hydrogens is 318 g/mol. The largest absolute Gasteiger partial charge is 0.350 e. The van der Waals surface area contributed by atoms with Crippen molar-refractivity contribution in [3.8, 4) is 0 Å². The Labute approximate surface area is 147 Å². The quantitative estimate of drug-likeness (QED) is 0.655. The summed E-state index contributed by atoms with van der Waals surface area (Å²) in [4.78, 5) is 27.5. The summed E-state index contributed by atoms with van der Waals surface area (Å²) in [6.45, 7) is 4.82. The highest BCUT2D eigenvalue weighted by Crippen LogP contribution is 2.06. The van der Waals surface area contributed by atoms with Gasteiger partial charge in [-0.2, -0.15) is 0 Å². The number of hydrogen-bond donors (Lipinski definition) is 3. The predicted octanol–water partition coefficient (Wildman–Crippen LogP) is 0.647. The van der Waals surface area contributed by atoms with E-state index in [-0.39, 0.29) is 24.3 Å². The molecule has 7 nitrogen and oxygen atoms in total. The van der Waals surface area contributed by atoms with Crippen LogP contribution in [0.5, 0.6) is 0 Å². The van der Waals surface area contributed by atoms with Crippen LogP contribution in [0.15, 0.2) is 43.0 Å². The second-order valence-corrected chi connectivity index (χ2v) is 6.32. The molecule has 1 aromatic heterocycles. The van der Waals surface area contributed by atoms with E-state index < -0.39 is 6.04 Å². The van der Waals surface area contributed by atoms with E-state index >= 15 is 0 Å². The molecule has 0 aliphatic heterocycles. The van der Waals surface area contributed by atoms with Crippen LogP contribution < -0.4 is 16.4 Å². The Hall–Kier alpha value is -2.67. The maximum absolute atomic E-state index is 11.8. The average Bonchev–Trinajstić information content (AvgIpc) is 3.11. The number of aromatic nitrogens is 2. The second kappa shape index (κ2) is 8.98. The first-order chi connectivity index (χ1) is 12.0. The number of imidazole rings is 1. The van der Waals surface area contributed by atoms with Crippen molar-refractivity contribution in [1.82, 2.24) is 20.2 Å². The van der Waals surface area contributed by atoms with Gasteiger partial charge in [-0.05, 0) is 17.0 Å². The van der Waals surface area contributed by atoms with E-state index in [2.05, 4.69) is 15.6 Å². The lowest BCUT2D eigenvalue weighted by Gasteiger charge is -2.15. The van der Waals surface area contributed by atoms with Crippen LogP contribution in [0.4, 0.5) is 0 Å². The molecule has 2 amide bonds. The molecule has 4 N–H and O–H groups in total. The lowest BCUT2D eigenvalue weighted by atomic mass is 10.1. The summed E-state index contributed by atoms with van der Waals surface area (Å²) in [6.07, 6.45) is 5.43. The van der Waals surface area contributed by atoms with Gasteiger partial charge in [0.2, 0.25) is 11.8 Å². The number of nitrogens with two attached hydrogens (primary N) is 1. The van der Waals surface area contributed by atoms with Gasteiger partial charge in [-0.15, -0.1) is 0 Å². The Morgan fingerprint density at radius 2 is 1.84 bits per heavy atom. The molecule has 0 aliphatic carbocycles. The molecule has 1 aromatic carbocycles. The highest BCUT2D eigenvalue weighted by atomic mass is 16.2. The number of rotatable bonds is 8. The number of nitrogens with zero attached hydrogens (tertiary/aromatic N) is 2. The van der Waals surface area contributed by atoms with Gasteiger partial charge < -0.3 is 20.9 Å². The van der Waals surface area contributed by atoms with Gasteiger partial charge in [0.25, 0.3) is 0 Å². The zero-order valence-corrected chi connectivity index (χ0v) is 14.6. The molecule has 2 rings (SSSR count). The SMILES string of the molecule is CC(C)[C@H](N)C(=O)NCC(=O)NCc1ccc(Cn2ccnc2)cc1. The number of carbonyl (C=O) groups is 2. The third kappa shape index (κ3) is 6.04. The van der Waals surface area contributed by atoms with Crippen LogP contribution in [-0.2, 0) is 22.7 Å². The molecule has 7 heteroatoms. The van der Waals surface area contributed by atoms with E-state index in [0.717, 1.165) is 17.7 Å². The molecular formula is C18H25N5O2. The fourth-order valence-corrected chi connectivity index (χ4v) is 2.20. The summed E-state index contributed by atoms with van der Waals surface area (Å²) in [5.41, 5.74) is 7.87. The summed E-state index contributed by atoms with van der Waals surface area (Å²) in [6, 6.07) is 7.38. The maximum atomic E-state index is 11.8. The number of amides is 2. The van der Waals surface area contributed by atoms with Crippen LogP contribution in [0.3, 0.4) is 0 Å². The lowest BCUT2D eigenvalue weighted by Crippen LogP contribution is -2.47. The predicted molar refractivity (Wildman–Crippen MR) is 95.4 cm³/mol. The molecule has 0 unspecified atom stereocenters.